The molecule has 0 heterocycles. The zero-order valence-corrected chi connectivity index (χ0v) is 17.7. The lowest BCUT2D eigenvalue weighted by molar-refractivity contribution is -0.0660. The van der Waals surface area contributed by atoms with E-state index in [-0.39, 0.29) is 0 Å². The van der Waals surface area contributed by atoms with Crippen LogP contribution in [0.3, 0.4) is 0 Å². The average molecular weight is 405 g/mol. The highest BCUT2D eigenvalue weighted by molar-refractivity contribution is 5.83. The predicted molar refractivity (Wildman–Crippen MR) is 113 cm³/mol. The fourth-order valence-corrected chi connectivity index (χ4v) is 3.33. The van der Waals surface area contributed by atoms with E-state index in [1.807, 2.05) is 0 Å². The zero-order chi connectivity index (χ0) is 21.3. The van der Waals surface area contributed by atoms with Crippen LogP contribution >= 0.6 is 0 Å². The van der Waals surface area contributed by atoms with Crippen molar-refractivity contribution >= 4 is 5.71 Å². The largest absolute Gasteiger partial charge is 0.411 e. The summed E-state index contributed by atoms with van der Waals surface area (Å²) in [5.74, 6) is 0. The van der Waals surface area contributed by atoms with E-state index in [4.69, 9.17) is 21.2 Å². The first-order chi connectivity index (χ1) is 13.4. The molecular formula is C21H44N2O5. The Kier molecular flexibility index (Phi) is 16.7. The molecule has 0 fully saturated rings. The second-order valence-corrected chi connectivity index (χ2v) is 8.05. The fourth-order valence-electron chi connectivity index (χ4n) is 3.33. The summed E-state index contributed by atoms with van der Waals surface area (Å²) in [4.78, 5) is 0. The molecule has 0 aliphatic rings. The third kappa shape index (κ3) is 12.0. The van der Waals surface area contributed by atoms with E-state index in [1.54, 1.807) is 0 Å². The zero-order valence-electron chi connectivity index (χ0n) is 17.7. The molecule has 0 radical (unpaired) electrons. The molecule has 0 aliphatic heterocycles. The minimum Gasteiger partial charge on any atom is -0.411 e. The van der Waals surface area contributed by atoms with Gasteiger partial charge < -0.3 is 31.4 Å². The normalized spacial score (nSPS) is 15.0. The molecule has 0 saturated heterocycles. The van der Waals surface area contributed by atoms with Gasteiger partial charge in [0.2, 0.25) is 0 Å². The second kappa shape index (κ2) is 17.2. The highest BCUT2D eigenvalue weighted by atomic mass is 16.4. The molecule has 28 heavy (non-hydrogen) atoms. The Balaban J connectivity index is 3.66. The van der Waals surface area contributed by atoms with E-state index in [9.17, 15) is 10.2 Å². The molecule has 7 N–H and O–H groups in total. The number of hydrogen-bond donors (Lipinski definition) is 6. The van der Waals surface area contributed by atoms with Gasteiger partial charge in [-0.2, -0.15) is 0 Å². The van der Waals surface area contributed by atoms with Gasteiger partial charge in [0, 0.05) is 0 Å². The van der Waals surface area contributed by atoms with E-state index in [0.717, 1.165) is 69.9 Å². The number of aliphatic hydroxyl groups is 4. The van der Waals surface area contributed by atoms with Gasteiger partial charge in [0.1, 0.15) is 6.10 Å². The monoisotopic (exact) mass is 404 g/mol. The standard InChI is InChI=1S/C21H44N2O5/c1-2-3-4-10-13-18(23-28)14-11-8-6-5-7-9-12-15-19(26)20(27)21(22,16-24)17-25/h19-20,24-28H,2-17,22H2,1H3/b23-18+. The Morgan fingerprint density at radius 1 is 0.821 bits per heavy atom. The number of oxime groups is 1. The van der Waals surface area contributed by atoms with Crippen molar-refractivity contribution in [3.63, 3.8) is 0 Å². The van der Waals surface area contributed by atoms with Gasteiger partial charge in [-0.25, -0.2) is 0 Å². The Morgan fingerprint density at radius 3 is 1.75 bits per heavy atom. The van der Waals surface area contributed by atoms with Gasteiger partial charge in [-0.15, -0.1) is 0 Å². The summed E-state index contributed by atoms with van der Waals surface area (Å²) in [6.07, 6.45) is 11.8. The lowest BCUT2D eigenvalue weighted by Gasteiger charge is -2.33. The van der Waals surface area contributed by atoms with E-state index < -0.39 is 31.0 Å². The van der Waals surface area contributed by atoms with Crippen molar-refractivity contribution in [3.05, 3.63) is 0 Å². The van der Waals surface area contributed by atoms with Crippen molar-refractivity contribution in [2.45, 2.75) is 115 Å². The van der Waals surface area contributed by atoms with Gasteiger partial charge in [0.05, 0.1) is 30.6 Å². The number of aliphatic hydroxyl groups excluding tert-OH is 4. The molecule has 2 unspecified atom stereocenters. The molecule has 168 valence electrons. The molecule has 0 saturated carbocycles. The maximum atomic E-state index is 9.97. The summed E-state index contributed by atoms with van der Waals surface area (Å²) in [7, 11) is 0. The Bertz CT molecular complexity index is 389. The Labute approximate surface area is 170 Å². The molecule has 7 heteroatoms. The lowest BCUT2D eigenvalue weighted by atomic mass is 9.89. The van der Waals surface area contributed by atoms with Crippen molar-refractivity contribution < 1.29 is 25.6 Å². The molecule has 0 aliphatic carbocycles. The topological polar surface area (TPSA) is 140 Å². The van der Waals surface area contributed by atoms with Crippen LogP contribution < -0.4 is 5.73 Å². The number of nitrogens with zero attached hydrogens (tertiary/aromatic N) is 1. The van der Waals surface area contributed by atoms with Crippen LogP contribution in [-0.4, -0.2) is 62.3 Å². The third-order valence-corrected chi connectivity index (χ3v) is 5.47. The van der Waals surface area contributed by atoms with Crippen LogP contribution in [0.15, 0.2) is 5.16 Å². The minimum absolute atomic E-state index is 0.397. The van der Waals surface area contributed by atoms with Crippen LogP contribution in [0.1, 0.15) is 96.8 Å². The molecule has 0 aromatic heterocycles. The fraction of sp³-hybridized carbons (Fsp3) is 0.952. The van der Waals surface area contributed by atoms with Gasteiger partial charge in [0.25, 0.3) is 0 Å². The Hall–Kier alpha value is -0.730. The van der Waals surface area contributed by atoms with Crippen LogP contribution in [0.4, 0.5) is 0 Å². The lowest BCUT2D eigenvalue weighted by Crippen LogP contribution is -2.61. The summed E-state index contributed by atoms with van der Waals surface area (Å²) >= 11 is 0. The molecule has 0 rings (SSSR count). The van der Waals surface area contributed by atoms with Crippen molar-refractivity contribution in [3.8, 4) is 0 Å². The SMILES string of the molecule is CCCCCC/C(CCCCCCCCCC(O)C(O)C(N)(CO)CO)=N\O. The van der Waals surface area contributed by atoms with Gasteiger partial charge in [-0.3, -0.25) is 0 Å². The van der Waals surface area contributed by atoms with Gasteiger partial charge in [0.15, 0.2) is 0 Å². The summed E-state index contributed by atoms with van der Waals surface area (Å²) in [6, 6.07) is 0. The van der Waals surface area contributed by atoms with Crippen molar-refractivity contribution in [1.29, 1.82) is 0 Å². The first kappa shape index (κ1) is 27.3. The molecule has 0 amide bonds. The predicted octanol–water partition coefficient (Wildman–Crippen LogP) is 2.70. The van der Waals surface area contributed by atoms with Gasteiger partial charge in [-0.05, 0) is 32.1 Å². The summed E-state index contributed by atoms with van der Waals surface area (Å²) in [5.41, 5.74) is 5.04. The van der Waals surface area contributed by atoms with Crippen LogP contribution in [0.2, 0.25) is 0 Å². The molecule has 0 aromatic carbocycles. The van der Waals surface area contributed by atoms with Crippen molar-refractivity contribution in [2.75, 3.05) is 13.2 Å². The first-order valence-corrected chi connectivity index (χ1v) is 11.0. The summed E-state index contributed by atoms with van der Waals surface area (Å²) in [5, 5.41) is 50.7. The first-order valence-electron chi connectivity index (χ1n) is 11.0. The van der Waals surface area contributed by atoms with Crippen molar-refractivity contribution in [2.24, 2.45) is 10.9 Å². The second-order valence-electron chi connectivity index (χ2n) is 8.05. The smallest absolute Gasteiger partial charge is 0.102 e. The van der Waals surface area contributed by atoms with E-state index in [2.05, 4.69) is 12.1 Å². The third-order valence-electron chi connectivity index (χ3n) is 5.47. The van der Waals surface area contributed by atoms with E-state index in [0.29, 0.717) is 6.42 Å². The van der Waals surface area contributed by atoms with Crippen LogP contribution in [0.25, 0.3) is 0 Å². The summed E-state index contributed by atoms with van der Waals surface area (Å²) < 4.78 is 0. The van der Waals surface area contributed by atoms with E-state index in [1.165, 1.54) is 19.3 Å². The number of rotatable bonds is 19. The molecule has 0 bridgehead atoms. The highest BCUT2D eigenvalue weighted by Gasteiger charge is 2.37. The molecule has 0 spiro atoms. The molecule has 7 nitrogen and oxygen atoms in total. The molecule has 0 aromatic rings. The maximum absolute atomic E-state index is 9.97. The molecular weight excluding hydrogens is 360 g/mol. The van der Waals surface area contributed by atoms with Crippen LogP contribution in [0.5, 0.6) is 0 Å². The van der Waals surface area contributed by atoms with Crippen LogP contribution in [0, 0.1) is 0 Å². The number of hydrogen-bond acceptors (Lipinski definition) is 7. The minimum atomic E-state index is -1.56. The van der Waals surface area contributed by atoms with E-state index >= 15 is 0 Å². The van der Waals surface area contributed by atoms with Gasteiger partial charge in [-0.1, -0.05) is 69.9 Å². The maximum Gasteiger partial charge on any atom is 0.102 e. The summed E-state index contributed by atoms with van der Waals surface area (Å²) in [6.45, 7) is 1.03. The number of nitrogens with two attached hydrogens (primary N) is 1. The highest BCUT2D eigenvalue weighted by Crippen LogP contribution is 2.17. The number of unbranched alkanes of at least 4 members (excludes halogenated alkanes) is 9. The van der Waals surface area contributed by atoms with Gasteiger partial charge >= 0.3 is 0 Å². The molecule has 2 atom stereocenters. The Morgan fingerprint density at radius 2 is 1.29 bits per heavy atom. The van der Waals surface area contributed by atoms with Crippen molar-refractivity contribution in [1.82, 2.24) is 0 Å². The average Bonchev–Trinajstić information content (AvgIpc) is 2.72. The van der Waals surface area contributed by atoms with Crippen LogP contribution in [-0.2, 0) is 0 Å². The quantitative estimate of drug-likeness (QED) is 0.0846.